The molecule has 3 aliphatic rings. The van der Waals surface area contributed by atoms with Crippen LogP contribution < -0.4 is 10.6 Å². The van der Waals surface area contributed by atoms with Gasteiger partial charge in [0.05, 0.1) is 47.2 Å². The van der Waals surface area contributed by atoms with Gasteiger partial charge in [0.15, 0.2) is 0 Å². The number of likely N-dealkylation sites (tertiary alicyclic amines) is 2. The number of fused-ring (bicyclic) bond motifs is 2. The predicted molar refractivity (Wildman–Crippen MR) is 165 cm³/mol. The van der Waals surface area contributed by atoms with Gasteiger partial charge in [-0.25, -0.2) is 14.4 Å². The fourth-order valence-electron chi connectivity index (χ4n) is 5.62. The number of anilines is 3. The Labute approximate surface area is 255 Å². The summed E-state index contributed by atoms with van der Waals surface area (Å²) in [5.74, 6) is 6.76. The number of halogens is 2. The highest BCUT2D eigenvalue weighted by molar-refractivity contribution is 6.31. The number of carbonyl (C=O) groups excluding carboxylic acids is 1. The molecule has 2 unspecified atom stereocenters. The van der Waals surface area contributed by atoms with Crippen molar-refractivity contribution in [2.24, 2.45) is 5.92 Å². The number of rotatable bonds is 6. The highest BCUT2D eigenvalue weighted by Gasteiger charge is 2.35. The second-order valence-corrected chi connectivity index (χ2v) is 11.6. The van der Waals surface area contributed by atoms with E-state index in [-0.39, 0.29) is 23.1 Å². The van der Waals surface area contributed by atoms with Gasteiger partial charge in [0.2, 0.25) is 5.91 Å². The number of hydrogen-bond donors (Lipinski definition) is 2. The summed E-state index contributed by atoms with van der Waals surface area (Å²) in [5, 5.41) is 6.89. The molecular formula is C32H34ClFN6O3. The Morgan fingerprint density at radius 2 is 1.91 bits per heavy atom. The second-order valence-electron chi connectivity index (χ2n) is 11.2. The van der Waals surface area contributed by atoms with Gasteiger partial charge in [0.25, 0.3) is 0 Å². The summed E-state index contributed by atoms with van der Waals surface area (Å²) in [6.07, 6.45) is 7.05. The first kappa shape index (κ1) is 29.5. The van der Waals surface area contributed by atoms with E-state index in [4.69, 9.17) is 21.1 Å². The number of benzene rings is 2. The molecule has 3 aliphatic heterocycles. The van der Waals surface area contributed by atoms with Crippen LogP contribution in [-0.4, -0.2) is 90.9 Å². The fraction of sp³-hybridized carbons (Fsp3) is 0.406. The molecule has 0 spiro atoms. The summed E-state index contributed by atoms with van der Waals surface area (Å²) in [7, 11) is 2.12. The van der Waals surface area contributed by atoms with Gasteiger partial charge >= 0.3 is 0 Å². The molecular weight excluding hydrogens is 571 g/mol. The minimum absolute atomic E-state index is 0.00214. The van der Waals surface area contributed by atoms with Crippen molar-refractivity contribution < 1.29 is 18.7 Å². The summed E-state index contributed by atoms with van der Waals surface area (Å²) in [4.78, 5) is 26.5. The van der Waals surface area contributed by atoms with Crippen molar-refractivity contribution in [2.45, 2.75) is 25.0 Å². The lowest BCUT2D eigenvalue weighted by molar-refractivity contribution is -0.116. The summed E-state index contributed by atoms with van der Waals surface area (Å²) in [6, 6.07) is 8.06. The molecule has 1 amide bonds. The van der Waals surface area contributed by atoms with E-state index in [9.17, 15) is 9.18 Å². The summed E-state index contributed by atoms with van der Waals surface area (Å²) < 4.78 is 25.3. The molecule has 224 valence electrons. The summed E-state index contributed by atoms with van der Waals surface area (Å²) in [6.45, 7) is 5.47. The number of carbonyl (C=O) groups is 1. The number of nitrogens with one attached hydrogen (secondary N) is 2. The molecule has 4 heterocycles. The smallest absolute Gasteiger partial charge is 0.248 e. The highest BCUT2D eigenvalue weighted by atomic mass is 35.5. The second kappa shape index (κ2) is 13.4. The first-order chi connectivity index (χ1) is 20.9. The zero-order valence-corrected chi connectivity index (χ0v) is 24.7. The van der Waals surface area contributed by atoms with Crippen molar-refractivity contribution in [1.82, 2.24) is 19.8 Å². The first-order valence-electron chi connectivity index (χ1n) is 14.6. The summed E-state index contributed by atoms with van der Waals surface area (Å²) >= 11 is 5.99. The number of ether oxygens (including phenoxy) is 2. The van der Waals surface area contributed by atoms with Gasteiger partial charge in [-0.05, 0) is 63.3 Å². The van der Waals surface area contributed by atoms with Gasteiger partial charge in [-0.2, -0.15) is 0 Å². The topological polar surface area (TPSA) is 91.9 Å². The molecule has 1 aromatic heterocycles. The fourth-order valence-corrected chi connectivity index (χ4v) is 5.80. The lowest BCUT2D eigenvalue weighted by Gasteiger charge is -2.25. The van der Waals surface area contributed by atoms with E-state index in [0.717, 1.165) is 39.0 Å². The van der Waals surface area contributed by atoms with Crippen LogP contribution in [0.15, 0.2) is 48.8 Å². The quantitative estimate of drug-likeness (QED) is 0.315. The van der Waals surface area contributed by atoms with Crippen LogP contribution in [-0.2, 0) is 14.3 Å². The van der Waals surface area contributed by atoms with Gasteiger partial charge in [0, 0.05) is 42.7 Å². The van der Waals surface area contributed by atoms with Crippen molar-refractivity contribution in [3.63, 3.8) is 0 Å². The lowest BCUT2D eigenvalue weighted by atomic mass is 9.97. The molecule has 0 bridgehead atoms. The summed E-state index contributed by atoms with van der Waals surface area (Å²) in [5.41, 5.74) is 2.47. The van der Waals surface area contributed by atoms with Crippen LogP contribution in [0.2, 0.25) is 5.02 Å². The molecule has 11 heteroatoms. The van der Waals surface area contributed by atoms with Crippen molar-refractivity contribution in [1.29, 1.82) is 0 Å². The highest BCUT2D eigenvalue weighted by Crippen LogP contribution is 2.30. The average molecular weight is 605 g/mol. The molecule has 0 saturated carbocycles. The minimum atomic E-state index is -0.504. The zero-order valence-electron chi connectivity index (χ0n) is 24.0. The normalized spacial score (nSPS) is 21.5. The maximum atomic E-state index is 13.7. The van der Waals surface area contributed by atoms with Crippen molar-refractivity contribution in [2.75, 3.05) is 63.6 Å². The number of nitrogens with zero attached hydrogens (tertiary/aromatic N) is 4. The molecule has 3 fully saturated rings. The maximum Gasteiger partial charge on any atom is 0.248 e. The maximum absolute atomic E-state index is 13.7. The van der Waals surface area contributed by atoms with Crippen molar-refractivity contribution >= 4 is 45.6 Å². The molecule has 2 N–H and O–H groups in total. The molecule has 0 radical (unpaired) electrons. The monoisotopic (exact) mass is 604 g/mol. The standard InChI is InChI=1S/C32H34ClFN6O3/c1-39-11-8-21(9-12-39)4-5-22-15-28-24(32(36-20-35-28)37-23-6-7-26(34)25(33)16-23)17-27(22)38-31(41)3-2-10-40-18-29-30(19-40)43-14-13-42-29/h2-3,6-7,15-17,20-21,29-30H,8-14,18-19H2,1H3,(H,38,41)(H,35,36,37)/b3-2+. The van der Waals surface area contributed by atoms with Crippen LogP contribution in [0.5, 0.6) is 0 Å². The third-order valence-corrected chi connectivity index (χ3v) is 8.30. The Bertz CT molecular complexity index is 1570. The van der Waals surface area contributed by atoms with Crippen LogP contribution in [0.1, 0.15) is 18.4 Å². The minimum Gasteiger partial charge on any atom is -0.372 e. The third-order valence-electron chi connectivity index (χ3n) is 8.02. The van der Waals surface area contributed by atoms with E-state index in [1.54, 1.807) is 12.1 Å². The van der Waals surface area contributed by atoms with Gasteiger partial charge in [-0.15, -0.1) is 0 Å². The van der Waals surface area contributed by atoms with Gasteiger partial charge in [0.1, 0.15) is 18.0 Å². The van der Waals surface area contributed by atoms with Crippen LogP contribution >= 0.6 is 11.6 Å². The predicted octanol–water partition coefficient (Wildman–Crippen LogP) is 4.45. The van der Waals surface area contributed by atoms with E-state index < -0.39 is 5.82 Å². The third kappa shape index (κ3) is 7.32. The van der Waals surface area contributed by atoms with Gasteiger partial charge in [-0.3, -0.25) is 9.69 Å². The number of amides is 1. The molecule has 0 aliphatic carbocycles. The molecule has 9 nitrogen and oxygen atoms in total. The molecule has 2 atom stereocenters. The average Bonchev–Trinajstić information content (AvgIpc) is 3.42. The van der Waals surface area contributed by atoms with E-state index in [2.05, 4.69) is 49.3 Å². The van der Waals surface area contributed by atoms with Crippen LogP contribution in [0.3, 0.4) is 0 Å². The molecule has 2 aromatic carbocycles. The number of aromatic nitrogens is 2. The zero-order chi connectivity index (χ0) is 29.8. The lowest BCUT2D eigenvalue weighted by Crippen LogP contribution is -2.36. The Kier molecular flexibility index (Phi) is 9.17. The van der Waals surface area contributed by atoms with Crippen LogP contribution in [0, 0.1) is 23.6 Å². The molecule has 43 heavy (non-hydrogen) atoms. The Balaban J connectivity index is 1.24. The number of hydrogen-bond acceptors (Lipinski definition) is 8. The Hall–Kier alpha value is -3.59. The largest absolute Gasteiger partial charge is 0.372 e. The van der Waals surface area contributed by atoms with E-state index in [1.807, 2.05) is 18.2 Å². The Morgan fingerprint density at radius 1 is 1.14 bits per heavy atom. The van der Waals surface area contributed by atoms with E-state index in [1.165, 1.54) is 18.5 Å². The van der Waals surface area contributed by atoms with Crippen molar-refractivity contribution in [3.05, 3.63) is 65.2 Å². The van der Waals surface area contributed by atoms with E-state index >= 15 is 0 Å². The van der Waals surface area contributed by atoms with Gasteiger partial charge < -0.3 is 25.0 Å². The van der Waals surface area contributed by atoms with Crippen molar-refractivity contribution in [3.8, 4) is 11.8 Å². The first-order valence-corrected chi connectivity index (χ1v) is 14.9. The molecule has 6 rings (SSSR count). The van der Waals surface area contributed by atoms with Crippen LogP contribution in [0.4, 0.5) is 21.6 Å². The SMILES string of the molecule is CN1CCC(C#Cc2cc3ncnc(Nc4ccc(F)c(Cl)c4)c3cc2NC(=O)/C=C/CN2CC3OCCOC3C2)CC1. The Morgan fingerprint density at radius 3 is 2.65 bits per heavy atom. The van der Waals surface area contributed by atoms with Crippen LogP contribution in [0.25, 0.3) is 10.9 Å². The van der Waals surface area contributed by atoms with E-state index in [0.29, 0.717) is 59.3 Å². The molecule has 3 saturated heterocycles. The molecule has 3 aromatic rings. The number of piperidine rings is 1. The van der Waals surface area contributed by atoms with Gasteiger partial charge in [-0.1, -0.05) is 29.5 Å².